The first-order valence-electron chi connectivity index (χ1n) is 11.3. The van der Waals surface area contributed by atoms with Crippen molar-refractivity contribution in [1.29, 1.82) is 5.26 Å². The summed E-state index contributed by atoms with van der Waals surface area (Å²) in [4.78, 5) is 25.6. The van der Waals surface area contributed by atoms with Gasteiger partial charge < -0.3 is 20.0 Å². The molecule has 0 saturated carbocycles. The summed E-state index contributed by atoms with van der Waals surface area (Å²) in [5.41, 5.74) is 5.54. The molecule has 10 nitrogen and oxygen atoms in total. The first-order chi connectivity index (χ1) is 17.3. The number of piperidine rings is 1. The van der Waals surface area contributed by atoms with Gasteiger partial charge in [-0.2, -0.15) is 10.4 Å². The van der Waals surface area contributed by atoms with Gasteiger partial charge in [0.25, 0.3) is 5.91 Å². The molecule has 3 N–H and O–H groups in total. The fourth-order valence-electron chi connectivity index (χ4n) is 4.57. The van der Waals surface area contributed by atoms with Crippen LogP contribution in [0.2, 0.25) is 0 Å². The highest BCUT2D eigenvalue weighted by atomic mass is 19.1. The van der Waals surface area contributed by atoms with Crippen LogP contribution in [-0.4, -0.2) is 58.0 Å². The number of ether oxygens (including phenoxy) is 1. The van der Waals surface area contributed by atoms with Gasteiger partial charge in [-0.3, -0.25) is 19.2 Å². The van der Waals surface area contributed by atoms with Crippen LogP contribution in [0.1, 0.15) is 34.5 Å². The van der Waals surface area contributed by atoms with Gasteiger partial charge in [0.1, 0.15) is 23.2 Å². The van der Waals surface area contributed by atoms with Crippen molar-refractivity contribution in [1.82, 2.24) is 14.7 Å². The Morgan fingerprint density at radius 1 is 1.42 bits per heavy atom. The predicted molar refractivity (Wildman–Crippen MR) is 125 cm³/mol. The molecular weight excluding hydrogens is 469 g/mol. The van der Waals surface area contributed by atoms with Crippen LogP contribution < -0.4 is 5.73 Å². The summed E-state index contributed by atoms with van der Waals surface area (Å²) < 4.78 is 27.1. The summed E-state index contributed by atoms with van der Waals surface area (Å²) in [6, 6.07) is 10.7. The summed E-state index contributed by atoms with van der Waals surface area (Å²) in [5.74, 6) is -0.824. The molecule has 1 fully saturated rings. The Hall–Kier alpha value is -4.17. The van der Waals surface area contributed by atoms with E-state index >= 15 is 4.39 Å². The average Bonchev–Trinajstić information content (AvgIpc) is 3.52. The number of esters is 1. The van der Waals surface area contributed by atoms with E-state index in [1.54, 1.807) is 24.3 Å². The Kier molecular flexibility index (Phi) is 7.07. The van der Waals surface area contributed by atoms with Crippen LogP contribution in [0.3, 0.4) is 0 Å². The van der Waals surface area contributed by atoms with Gasteiger partial charge in [0, 0.05) is 25.8 Å². The van der Waals surface area contributed by atoms with Crippen LogP contribution in [0.25, 0.3) is 11.3 Å². The smallest absolute Gasteiger partial charge is 0.311 e. The number of nitriles is 1. The number of hydrogen-bond donors (Lipinski definition) is 2. The molecule has 0 radical (unpaired) electrons. The molecule has 1 aliphatic heterocycles. The molecule has 1 saturated heterocycles. The SMILES string of the molecule is COC(=O)Cc1nn(C2(CC#N)CCN(Cc3ccc(-c4ccco4)c(O)c3)CC2F)cc1C(N)=O. The molecule has 0 bridgehead atoms. The number of benzene rings is 1. The van der Waals surface area contributed by atoms with Crippen LogP contribution in [0.15, 0.2) is 47.2 Å². The highest BCUT2D eigenvalue weighted by Crippen LogP contribution is 2.37. The van der Waals surface area contributed by atoms with Gasteiger partial charge in [-0.25, -0.2) is 4.39 Å². The number of halogens is 1. The van der Waals surface area contributed by atoms with Gasteiger partial charge in [0.15, 0.2) is 0 Å². The molecule has 3 heterocycles. The van der Waals surface area contributed by atoms with Crippen LogP contribution in [-0.2, 0) is 28.0 Å². The number of amides is 1. The van der Waals surface area contributed by atoms with Crippen molar-refractivity contribution < 1.29 is 28.2 Å². The summed E-state index contributed by atoms with van der Waals surface area (Å²) in [6.07, 6.45) is 1.08. The number of carbonyl (C=O) groups excluding carboxylic acids is 2. The van der Waals surface area contributed by atoms with Gasteiger partial charge >= 0.3 is 5.97 Å². The highest BCUT2D eigenvalue weighted by molar-refractivity contribution is 5.94. The molecule has 2 atom stereocenters. The molecule has 2 aromatic heterocycles. The first-order valence-corrected chi connectivity index (χ1v) is 11.3. The number of methoxy groups -OCH3 is 1. The lowest BCUT2D eigenvalue weighted by Crippen LogP contribution is -2.54. The number of phenols is 1. The zero-order chi connectivity index (χ0) is 25.9. The summed E-state index contributed by atoms with van der Waals surface area (Å²) in [5, 5.41) is 24.2. The number of phenolic OH excluding ortho intramolecular Hbond substituents is 1. The molecule has 188 valence electrons. The topological polar surface area (TPSA) is 148 Å². The van der Waals surface area contributed by atoms with Gasteiger partial charge in [0.2, 0.25) is 0 Å². The Balaban J connectivity index is 1.54. The van der Waals surface area contributed by atoms with Crippen molar-refractivity contribution in [3.63, 3.8) is 0 Å². The standard InChI is InChI=1S/C25H26FN5O5/c1-35-23(33)12-19-18(24(28)34)14-31(29-19)25(6-8-27)7-9-30(15-22(25)26)13-16-4-5-17(20(32)11-16)21-3-2-10-36-21/h2-5,10-11,14,22,32H,6-7,9,12-13,15H2,1H3,(H2,28,34). The monoisotopic (exact) mass is 495 g/mol. The van der Waals surface area contributed by atoms with E-state index < -0.39 is 23.6 Å². The molecule has 11 heteroatoms. The van der Waals surface area contributed by atoms with Crippen LogP contribution in [0.5, 0.6) is 5.75 Å². The van der Waals surface area contributed by atoms with E-state index in [1.165, 1.54) is 24.3 Å². The fourth-order valence-corrected chi connectivity index (χ4v) is 4.57. The second-order valence-electron chi connectivity index (χ2n) is 8.77. The molecule has 4 rings (SSSR count). The minimum absolute atomic E-state index is 0.000473. The molecule has 0 aliphatic carbocycles. The largest absolute Gasteiger partial charge is 0.507 e. The third-order valence-electron chi connectivity index (χ3n) is 6.55. The van der Waals surface area contributed by atoms with E-state index in [-0.39, 0.29) is 42.8 Å². The van der Waals surface area contributed by atoms with Crippen molar-refractivity contribution in [2.45, 2.75) is 37.5 Å². The number of primary amides is 1. The summed E-state index contributed by atoms with van der Waals surface area (Å²) >= 11 is 0. The molecule has 1 amide bonds. The summed E-state index contributed by atoms with van der Waals surface area (Å²) in [6.45, 7) is 0.815. The number of nitrogens with zero attached hydrogens (tertiary/aromatic N) is 4. The van der Waals surface area contributed by atoms with Gasteiger partial charge in [0.05, 0.1) is 49.1 Å². The molecule has 36 heavy (non-hydrogen) atoms. The van der Waals surface area contributed by atoms with Gasteiger partial charge in [-0.1, -0.05) is 6.07 Å². The van der Waals surface area contributed by atoms with E-state index in [1.807, 2.05) is 17.0 Å². The predicted octanol–water partition coefficient (Wildman–Crippen LogP) is 2.52. The lowest BCUT2D eigenvalue weighted by Gasteiger charge is -2.43. The number of alkyl halides is 1. The quantitative estimate of drug-likeness (QED) is 0.453. The van der Waals surface area contributed by atoms with Crippen molar-refractivity contribution in [3.8, 4) is 23.1 Å². The molecular formula is C25H26FN5O5. The molecule has 2 unspecified atom stereocenters. The minimum Gasteiger partial charge on any atom is -0.507 e. The number of furan rings is 1. The van der Waals surface area contributed by atoms with Crippen molar-refractivity contribution >= 4 is 11.9 Å². The normalized spacial score (nSPS) is 20.1. The Bertz CT molecular complexity index is 1300. The van der Waals surface area contributed by atoms with Crippen LogP contribution in [0.4, 0.5) is 4.39 Å². The van der Waals surface area contributed by atoms with E-state index in [2.05, 4.69) is 9.84 Å². The molecule has 3 aromatic rings. The van der Waals surface area contributed by atoms with Gasteiger partial charge in [-0.05, 0) is 36.2 Å². The van der Waals surface area contributed by atoms with Crippen molar-refractivity contribution in [3.05, 3.63) is 59.6 Å². The zero-order valence-corrected chi connectivity index (χ0v) is 19.7. The van der Waals surface area contributed by atoms with E-state index in [0.717, 1.165) is 5.56 Å². The maximum atomic E-state index is 15.8. The maximum absolute atomic E-state index is 15.8. The second kappa shape index (κ2) is 10.2. The molecule has 0 spiro atoms. The van der Waals surface area contributed by atoms with E-state index in [4.69, 9.17) is 10.2 Å². The number of nitrogens with two attached hydrogens (primary N) is 1. The maximum Gasteiger partial charge on any atom is 0.311 e. The Labute approximate surface area is 206 Å². The van der Waals surface area contributed by atoms with E-state index in [9.17, 15) is 20.0 Å². The third kappa shape index (κ3) is 4.81. The fraction of sp³-hybridized carbons (Fsp3) is 0.360. The zero-order valence-electron chi connectivity index (χ0n) is 19.7. The number of hydrogen-bond acceptors (Lipinski definition) is 8. The van der Waals surface area contributed by atoms with Crippen LogP contribution in [0, 0.1) is 11.3 Å². The number of carbonyl (C=O) groups is 2. The molecule has 1 aromatic carbocycles. The lowest BCUT2D eigenvalue weighted by atomic mass is 9.83. The molecule has 1 aliphatic rings. The Morgan fingerprint density at radius 2 is 2.22 bits per heavy atom. The van der Waals surface area contributed by atoms with Crippen LogP contribution >= 0.6 is 0 Å². The number of likely N-dealkylation sites (tertiary alicyclic amines) is 1. The number of aromatic nitrogens is 2. The first kappa shape index (κ1) is 24.9. The van der Waals surface area contributed by atoms with E-state index in [0.29, 0.717) is 24.4 Å². The third-order valence-corrected chi connectivity index (χ3v) is 6.55. The van der Waals surface area contributed by atoms with Gasteiger partial charge in [-0.15, -0.1) is 0 Å². The number of rotatable bonds is 8. The average molecular weight is 496 g/mol. The lowest BCUT2D eigenvalue weighted by molar-refractivity contribution is -0.139. The minimum atomic E-state index is -1.51. The highest BCUT2D eigenvalue weighted by Gasteiger charge is 2.46. The number of aromatic hydroxyl groups is 1. The van der Waals surface area contributed by atoms with Crippen molar-refractivity contribution in [2.24, 2.45) is 5.73 Å². The Morgan fingerprint density at radius 3 is 2.83 bits per heavy atom. The summed E-state index contributed by atoms with van der Waals surface area (Å²) in [7, 11) is 1.21. The second-order valence-corrected chi connectivity index (χ2v) is 8.77. The van der Waals surface area contributed by atoms with Crippen molar-refractivity contribution in [2.75, 3.05) is 20.2 Å².